The molecule has 0 atom stereocenters. The Labute approximate surface area is 83.8 Å². The maximum absolute atomic E-state index is 9.64. The van der Waals surface area contributed by atoms with Crippen LogP contribution in [0.5, 0.6) is 0 Å². The van der Waals surface area contributed by atoms with Crippen molar-refractivity contribution < 1.29 is 5.11 Å². The molecule has 0 unspecified atom stereocenters. The maximum atomic E-state index is 9.64. The van der Waals surface area contributed by atoms with Crippen molar-refractivity contribution in [3.63, 3.8) is 0 Å². The zero-order valence-corrected chi connectivity index (χ0v) is 9.48. The van der Waals surface area contributed by atoms with Crippen LogP contribution in [0.2, 0.25) is 0 Å². The Morgan fingerprint density at radius 1 is 1.54 bits per heavy atom. The molecule has 1 aromatic heterocycles. The highest BCUT2D eigenvalue weighted by Gasteiger charge is 2.17. The van der Waals surface area contributed by atoms with E-state index in [1.807, 2.05) is 20.9 Å². The van der Waals surface area contributed by atoms with E-state index in [0.29, 0.717) is 6.54 Å². The summed E-state index contributed by atoms with van der Waals surface area (Å²) in [6, 6.07) is 2.10. The monoisotopic (exact) mass is 199 g/mol. The molecule has 1 aromatic rings. The third kappa shape index (κ3) is 3.01. The SMILES string of the molecule is Cc1ccsc1N(C)CC(C)(C)O. The van der Waals surface area contributed by atoms with Crippen molar-refractivity contribution in [2.24, 2.45) is 0 Å². The summed E-state index contributed by atoms with van der Waals surface area (Å²) in [6.07, 6.45) is 0. The van der Waals surface area contributed by atoms with Crippen molar-refractivity contribution in [1.29, 1.82) is 0 Å². The second kappa shape index (κ2) is 3.68. The smallest absolute Gasteiger partial charge is 0.0936 e. The van der Waals surface area contributed by atoms with Crippen LogP contribution in [0.15, 0.2) is 11.4 Å². The first kappa shape index (κ1) is 10.5. The summed E-state index contributed by atoms with van der Waals surface area (Å²) in [5.41, 5.74) is 0.641. The highest BCUT2D eigenvalue weighted by molar-refractivity contribution is 7.14. The van der Waals surface area contributed by atoms with Gasteiger partial charge < -0.3 is 10.0 Å². The Balaban J connectivity index is 2.69. The number of nitrogens with zero attached hydrogens (tertiary/aromatic N) is 1. The molecule has 1 rings (SSSR count). The van der Waals surface area contributed by atoms with Crippen LogP contribution in [-0.2, 0) is 0 Å². The van der Waals surface area contributed by atoms with Gasteiger partial charge in [-0.3, -0.25) is 0 Å². The van der Waals surface area contributed by atoms with Gasteiger partial charge in [0.05, 0.1) is 10.6 Å². The molecular formula is C10H17NOS. The summed E-state index contributed by atoms with van der Waals surface area (Å²) in [5, 5.41) is 13.0. The van der Waals surface area contributed by atoms with Gasteiger partial charge in [-0.15, -0.1) is 11.3 Å². The molecule has 0 saturated heterocycles. The minimum atomic E-state index is -0.634. The molecule has 0 amide bonds. The second-order valence-corrected chi connectivity index (χ2v) is 4.97. The third-order valence-corrected chi connectivity index (χ3v) is 2.93. The number of aryl methyl sites for hydroxylation is 1. The van der Waals surface area contributed by atoms with Gasteiger partial charge in [-0.1, -0.05) is 0 Å². The normalized spacial score (nSPS) is 11.8. The van der Waals surface area contributed by atoms with Crippen LogP contribution in [0.4, 0.5) is 5.00 Å². The first-order valence-corrected chi connectivity index (χ1v) is 5.26. The van der Waals surface area contributed by atoms with Gasteiger partial charge in [-0.05, 0) is 37.8 Å². The van der Waals surface area contributed by atoms with Crippen molar-refractivity contribution in [3.05, 3.63) is 17.0 Å². The third-order valence-electron chi connectivity index (χ3n) is 1.81. The molecule has 0 aliphatic heterocycles. The van der Waals surface area contributed by atoms with Crippen molar-refractivity contribution in [3.8, 4) is 0 Å². The van der Waals surface area contributed by atoms with Crippen molar-refractivity contribution in [2.45, 2.75) is 26.4 Å². The largest absolute Gasteiger partial charge is 0.389 e. The first-order chi connectivity index (χ1) is 5.90. The van der Waals surface area contributed by atoms with E-state index >= 15 is 0 Å². The Hall–Kier alpha value is -0.540. The zero-order valence-electron chi connectivity index (χ0n) is 8.66. The Kier molecular flexibility index (Phi) is 2.98. The van der Waals surface area contributed by atoms with Crippen molar-refractivity contribution in [1.82, 2.24) is 0 Å². The lowest BCUT2D eigenvalue weighted by Crippen LogP contribution is -2.36. The highest BCUT2D eigenvalue weighted by atomic mass is 32.1. The molecule has 0 bridgehead atoms. The highest BCUT2D eigenvalue weighted by Crippen LogP contribution is 2.26. The predicted octanol–water partition coefficient (Wildman–Crippen LogP) is 2.26. The van der Waals surface area contributed by atoms with Gasteiger partial charge in [0.25, 0.3) is 0 Å². The topological polar surface area (TPSA) is 23.5 Å². The summed E-state index contributed by atoms with van der Waals surface area (Å²) in [7, 11) is 2.01. The average molecular weight is 199 g/mol. The van der Waals surface area contributed by atoms with E-state index in [1.165, 1.54) is 10.6 Å². The molecule has 0 aliphatic rings. The number of aliphatic hydroxyl groups is 1. The number of hydrogen-bond acceptors (Lipinski definition) is 3. The van der Waals surface area contributed by atoms with E-state index in [9.17, 15) is 5.11 Å². The molecule has 0 radical (unpaired) electrons. The van der Waals surface area contributed by atoms with E-state index in [-0.39, 0.29) is 0 Å². The second-order valence-electron chi connectivity index (χ2n) is 4.08. The lowest BCUT2D eigenvalue weighted by molar-refractivity contribution is 0.0887. The van der Waals surface area contributed by atoms with E-state index in [2.05, 4.69) is 23.3 Å². The van der Waals surface area contributed by atoms with Gasteiger partial charge in [-0.2, -0.15) is 0 Å². The Morgan fingerprint density at radius 3 is 2.54 bits per heavy atom. The van der Waals surface area contributed by atoms with Crippen molar-refractivity contribution in [2.75, 3.05) is 18.5 Å². The fourth-order valence-corrected chi connectivity index (χ4v) is 2.31. The molecule has 0 saturated carbocycles. The number of hydrogen-bond donors (Lipinski definition) is 1. The van der Waals surface area contributed by atoms with Gasteiger partial charge in [0.2, 0.25) is 0 Å². The molecule has 0 spiro atoms. The number of anilines is 1. The maximum Gasteiger partial charge on any atom is 0.0936 e. The molecule has 0 aromatic carbocycles. The summed E-state index contributed by atoms with van der Waals surface area (Å²) < 4.78 is 0. The van der Waals surface area contributed by atoms with E-state index < -0.39 is 5.60 Å². The fourth-order valence-electron chi connectivity index (χ4n) is 1.41. The van der Waals surface area contributed by atoms with E-state index in [1.54, 1.807) is 11.3 Å². The first-order valence-electron chi connectivity index (χ1n) is 4.38. The van der Waals surface area contributed by atoms with Gasteiger partial charge in [0.15, 0.2) is 0 Å². The molecule has 74 valence electrons. The molecule has 2 nitrogen and oxygen atoms in total. The number of likely N-dealkylation sites (N-methyl/N-ethyl adjacent to an activating group) is 1. The molecule has 0 aliphatic carbocycles. The molecule has 1 N–H and O–H groups in total. The molecule has 3 heteroatoms. The lowest BCUT2D eigenvalue weighted by Gasteiger charge is -2.26. The van der Waals surface area contributed by atoms with Gasteiger partial charge in [0.1, 0.15) is 0 Å². The molecule has 0 fully saturated rings. The fraction of sp³-hybridized carbons (Fsp3) is 0.600. The Bertz CT molecular complexity index is 275. The van der Waals surface area contributed by atoms with Crippen LogP contribution in [0.3, 0.4) is 0 Å². The van der Waals surface area contributed by atoms with E-state index in [4.69, 9.17) is 0 Å². The van der Waals surface area contributed by atoms with Crippen LogP contribution in [0, 0.1) is 6.92 Å². The van der Waals surface area contributed by atoms with Crippen LogP contribution in [0.1, 0.15) is 19.4 Å². The summed E-state index contributed by atoms with van der Waals surface area (Å²) in [4.78, 5) is 2.10. The van der Waals surface area contributed by atoms with Crippen LogP contribution < -0.4 is 4.90 Å². The minimum absolute atomic E-state index is 0.634. The standard InChI is InChI=1S/C10H17NOS/c1-8-5-6-13-9(8)11(4)7-10(2,3)12/h5-6,12H,7H2,1-4H3. The predicted molar refractivity (Wildman–Crippen MR) is 58.6 cm³/mol. The minimum Gasteiger partial charge on any atom is -0.389 e. The number of rotatable bonds is 3. The lowest BCUT2D eigenvalue weighted by atomic mass is 10.1. The summed E-state index contributed by atoms with van der Waals surface area (Å²) >= 11 is 1.71. The van der Waals surface area contributed by atoms with E-state index in [0.717, 1.165) is 0 Å². The molecular weight excluding hydrogens is 182 g/mol. The quantitative estimate of drug-likeness (QED) is 0.807. The van der Waals surface area contributed by atoms with Gasteiger partial charge >= 0.3 is 0 Å². The van der Waals surface area contributed by atoms with Crippen LogP contribution >= 0.6 is 11.3 Å². The zero-order chi connectivity index (χ0) is 10.1. The summed E-state index contributed by atoms with van der Waals surface area (Å²) in [6.45, 7) is 6.40. The van der Waals surface area contributed by atoms with Gasteiger partial charge in [0, 0.05) is 13.6 Å². The van der Waals surface area contributed by atoms with Crippen LogP contribution in [0.25, 0.3) is 0 Å². The number of thiophene rings is 1. The van der Waals surface area contributed by atoms with Gasteiger partial charge in [-0.25, -0.2) is 0 Å². The Morgan fingerprint density at radius 2 is 2.15 bits per heavy atom. The van der Waals surface area contributed by atoms with Crippen molar-refractivity contribution >= 4 is 16.3 Å². The molecule has 13 heavy (non-hydrogen) atoms. The molecule has 1 heterocycles. The summed E-state index contributed by atoms with van der Waals surface area (Å²) in [5.74, 6) is 0. The average Bonchev–Trinajstić information content (AvgIpc) is 2.30. The van der Waals surface area contributed by atoms with Crippen LogP contribution in [-0.4, -0.2) is 24.3 Å².